The van der Waals surface area contributed by atoms with Gasteiger partial charge in [0.25, 0.3) is 11.5 Å². The van der Waals surface area contributed by atoms with E-state index in [9.17, 15) is 9.59 Å². The minimum absolute atomic E-state index is 0.0984. The molecule has 0 spiro atoms. The van der Waals surface area contributed by atoms with Crippen molar-refractivity contribution in [3.63, 3.8) is 0 Å². The van der Waals surface area contributed by atoms with Crippen LogP contribution in [0.25, 0.3) is 10.9 Å². The largest absolute Gasteiger partial charge is 0.334 e. The fourth-order valence-electron chi connectivity index (χ4n) is 2.69. The van der Waals surface area contributed by atoms with Crippen LogP contribution in [0, 0.1) is 0 Å². The summed E-state index contributed by atoms with van der Waals surface area (Å²) in [5.74, 6) is 1.24. The average molecular weight is 353 g/mol. The van der Waals surface area contributed by atoms with Gasteiger partial charge in [-0.2, -0.15) is 11.8 Å². The van der Waals surface area contributed by atoms with E-state index in [0.717, 1.165) is 11.3 Å². The van der Waals surface area contributed by atoms with E-state index >= 15 is 0 Å². The van der Waals surface area contributed by atoms with Crippen LogP contribution in [0.3, 0.4) is 0 Å². The number of carbonyl (C=O) groups excluding carboxylic acids is 1. The predicted molar refractivity (Wildman–Crippen MR) is 102 cm³/mol. The third-order valence-electron chi connectivity index (χ3n) is 3.88. The first-order chi connectivity index (χ1) is 12.1. The standard InChI is InChI=1S/C19H19N3O2S/c1-22(19(24)14-7-5-6-13(10-14)12-25-2)11-17-20-16-9-4-3-8-15(16)18(23)21-17/h3-10H,11-12H2,1-2H3,(H,20,21,23). The first-order valence-electron chi connectivity index (χ1n) is 7.90. The van der Waals surface area contributed by atoms with Crippen molar-refractivity contribution < 1.29 is 4.79 Å². The van der Waals surface area contributed by atoms with Gasteiger partial charge in [-0.05, 0) is 36.1 Å². The van der Waals surface area contributed by atoms with Gasteiger partial charge in [-0.1, -0.05) is 24.3 Å². The molecule has 128 valence electrons. The number of rotatable bonds is 5. The molecule has 1 aromatic heterocycles. The Hall–Kier alpha value is -2.60. The number of amides is 1. The van der Waals surface area contributed by atoms with Gasteiger partial charge in [0.05, 0.1) is 17.4 Å². The summed E-state index contributed by atoms with van der Waals surface area (Å²) in [5, 5.41) is 0.546. The molecule has 0 bridgehead atoms. The number of benzene rings is 2. The zero-order valence-electron chi connectivity index (χ0n) is 14.2. The molecular formula is C19H19N3O2S. The highest BCUT2D eigenvalue weighted by Crippen LogP contribution is 2.14. The fraction of sp³-hybridized carbons (Fsp3) is 0.211. The van der Waals surface area contributed by atoms with Gasteiger partial charge in [-0.15, -0.1) is 0 Å². The number of hydrogen-bond donors (Lipinski definition) is 1. The Morgan fingerprint density at radius 2 is 2.00 bits per heavy atom. The Morgan fingerprint density at radius 1 is 1.20 bits per heavy atom. The normalized spacial score (nSPS) is 10.8. The summed E-state index contributed by atoms with van der Waals surface area (Å²) in [6.07, 6.45) is 2.03. The SMILES string of the molecule is CSCc1cccc(C(=O)N(C)Cc2nc3ccccc3c(=O)[nH]2)c1. The minimum Gasteiger partial charge on any atom is -0.334 e. The smallest absolute Gasteiger partial charge is 0.258 e. The number of hydrogen-bond acceptors (Lipinski definition) is 4. The van der Waals surface area contributed by atoms with E-state index in [-0.39, 0.29) is 18.0 Å². The zero-order valence-corrected chi connectivity index (χ0v) is 15.0. The molecule has 0 saturated carbocycles. The Balaban J connectivity index is 1.82. The van der Waals surface area contributed by atoms with Crippen molar-refractivity contribution in [3.8, 4) is 0 Å². The molecule has 0 aliphatic rings. The molecule has 1 amide bonds. The summed E-state index contributed by atoms with van der Waals surface area (Å²) in [7, 11) is 1.71. The van der Waals surface area contributed by atoms with Gasteiger partial charge in [-0.3, -0.25) is 9.59 Å². The maximum atomic E-state index is 12.7. The lowest BCUT2D eigenvalue weighted by atomic mass is 10.1. The quantitative estimate of drug-likeness (QED) is 0.766. The van der Waals surface area contributed by atoms with Gasteiger partial charge >= 0.3 is 0 Å². The Morgan fingerprint density at radius 3 is 2.80 bits per heavy atom. The molecule has 1 N–H and O–H groups in total. The fourth-order valence-corrected chi connectivity index (χ4v) is 3.20. The van der Waals surface area contributed by atoms with E-state index in [4.69, 9.17) is 0 Å². The lowest BCUT2D eigenvalue weighted by Gasteiger charge is -2.17. The topological polar surface area (TPSA) is 66.1 Å². The number of nitrogens with one attached hydrogen (secondary N) is 1. The second kappa shape index (κ2) is 7.53. The van der Waals surface area contributed by atoms with Crippen LogP contribution in [0.15, 0.2) is 53.3 Å². The molecule has 0 atom stereocenters. The maximum Gasteiger partial charge on any atom is 0.258 e. The monoisotopic (exact) mass is 353 g/mol. The van der Waals surface area contributed by atoms with Gasteiger partial charge in [0.2, 0.25) is 0 Å². The highest BCUT2D eigenvalue weighted by molar-refractivity contribution is 7.97. The van der Waals surface area contributed by atoms with E-state index in [1.165, 1.54) is 0 Å². The Bertz CT molecular complexity index is 968. The summed E-state index contributed by atoms with van der Waals surface area (Å²) < 4.78 is 0. The zero-order chi connectivity index (χ0) is 17.8. The van der Waals surface area contributed by atoms with Crippen molar-refractivity contribution in [2.45, 2.75) is 12.3 Å². The molecule has 0 unspecified atom stereocenters. The maximum absolute atomic E-state index is 12.7. The van der Waals surface area contributed by atoms with E-state index in [1.807, 2.05) is 30.5 Å². The van der Waals surface area contributed by atoms with E-state index < -0.39 is 0 Å². The Kier molecular flexibility index (Phi) is 5.19. The lowest BCUT2D eigenvalue weighted by molar-refractivity contribution is 0.0781. The molecule has 0 aliphatic heterocycles. The molecule has 0 aliphatic carbocycles. The third kappa shape index (κ3) is 3.91. The van der Waals surface area contributed by atoms with Crippen LogP contribution < -0.4 is 5.56 Å². The first kappa shape index (κ1) is 17.2. The molecule has 5 nitrogen and oxygen atoms in total. The number of fused-ring (bicyclic) bond motifs is 1. The molecule has 2 aromatic carbocycles. The average Bonchev–Trinajstić information content (AvgIpc) is 2.61. The molecule has 3 aromatic rings. The molecule has 0 fully saturated rings. The van der Waals surface area contributed by atoms with Crippen LogP contribution in [0.4, 0.5) is 0 Å². The second-order valence-corrected chi connectivity index (χ2v) is 6.69. The number of para-hydroxylation sites is 1. The molecule has 0 radical (unpaired) electrons. The van der Waals surface area contributed by atoms with Crippen LogP contribution in [-0.2, 0) is 12.3 Å². The van der Waals surface area contributed by atoms with Gasteiger partial charge in [0.15, 0.2) is 0 Å². The lowest BCUT2D eigenvalue weighted by Crippen LogP contribution is -2.28. The number of aromatic nitrogens is 2. The van der Waals surface area contributed by atoms with Crippen LogP contribution in [0.2, 0.25) is 0 Å². The number of H-pyrrole nitrogens is 1. The summed E-state index contributed by atoms with van der Waals surface area (Å²) >= 11 is 1.71. The van der Waals surface area contributed by atoms with Crippen LogP contribution in [-0.4, -0.2) is 34.1 Å². The number of carbonyl (C=O) groups is 1. The van der Waals surface area contributed by atoms with E-state index in [0.29, 0.717) is 22.3 Å². The third-order valence-corrected chi connectivity index (χ3v) is 4.50. The van der Waals surface area contributed by atoms with Crippen LogP contribution >= 0.6 is 11.8 Å². The summed E-state index contributed by atoms with van der Waals surface area (Å²) in [6, 6.07) is 14.8. The number of nitrogens with zero attached hydrogens (tertiary/aromatic N) is 2. The summed E-state index contributed by atoms with van der Waals surface area (Å²) in [6.45, 7) is 0.242. The molecule has 25 heavy (non-hydrogen) atoms. The van der Waals surface area contributed by atoms with Gasteiger partial charge in [0.1, 0.15) is 5.82 Å². The van der Waals surface area contributed by atoms with E-state index in [2.05, 4.69) is 9.97 Å². The van der Waals surface area contributed by atoms with Gasteiger partial charge in [-0.25, -0.2) is 4.98 Å². The predicted octanol–water partition coefficient (Wildman–Crippen LogP) is 3.06. The Labute approximate surface area is 150 Å². The van der Waals surface area contributed by atoms with Crippen molar-refractivity contribution in [1.29, 1.82) is 0 Å². The molecule has 3 rings (SSSR count). The first-order valence-corrected chi connectivity index (χ1v) is 9.29. The van der Waals surface area contributed by atoms with Gasteiger partial charge < -0.3 is 9.88 Å². The molecule has 1 heterocycles. The summed E-state index contributed by atoms with van der Waals surface area (Å²) in [5.41, 5.74) is 2.19. The minimum atomic E-state index is -0.191. The van der Waals surface area contributed by atoms with E-state index in [1.54, 1.807) is 48.0 Å². The summed E-state index contributed by atoms with van der Waals surface area (Å²) in [4.78, 5) is 33.6. The highest BCUT2D eigenvalue weighted by atomic mass is 32.2. The van der Waals surface area contributed by atoms with Crippen LogP contribution in [0.1, 0.15) is 21.7 Å². The molecule has 0 saturated heterocycles. The van der Waals surface area contributed by atoms with Crippen molar-refractivity contribution in [1.82, 2.24) is 14.9 Å². The second-order valence-electron chi connectivity index (χ2n) is 5.82. The van der Waals surface area contributed by atoms with Crippen molar-refractivity contribution in [2.75, 3.05) is 13.3 Å². The molecular weight excluding hydrogens is 334 g/mol. The van der Waals surface area contributed by atoms with Crippen molar-refractivity contribution >= 4 is 28.6 Å². The number of thioether (sulfide) groups is 1. The molecule has 6 heteroatoms. The number of aromatic amines is 1. The van der Waals surface area contributed by atoms with Crippen molar-refractivity contribution in [3.05, 3.63) is 75.8 Å². The van der Waals surface area contributed by atoms with Crippen LogP contribution in [0.5, 0.6) is 0 Å². The highest BCUT2D eigenvalue weighted by Gasteiger charge is 2.14. The van der Waals surface area contributed by atoms with Crippen molar-refractivity contribution in [2.24, 2.45) is 0 Å². The van der Waals surface area contributed by atoms with Gasteiger partial charge in [0, 0.05) is 18.4 Å².